The van der Waals surface area contributed by atoms with Crippen molar-refractivity contribution in [3.63, 3.8) is 0 Å². The molecule has 0 unspecified atom stereocenters. The fourth-order valence-electron chi connectivity index (χ4n) is 2.46. The molecule has 0 radical (unpaired) electrons. The normalized spacial score (nSPS) is 20.3. The van der Waals surface area contributed by atoms with E-state index in [-0.39, 0.29) is 31.0 Å². The Morgan fingerprint density at radius 2 is 2.04 bits per heavy atom. The lowest BCUT2D eigenvalue weighted by Gasteiger charge is -2.27. The zero-order chi connectivity index (χ0) is 17.7. The smallest absolute Gasteiger partial charge is 0.341 e. The Balaban J connectivity index is 2.08. The van der Waals surface area contributed by atoms with Crippen LogP contribution in [0, 0.1) is 5.41 Å². The van der Waals surface area contributed by atoms with Gasteiger partial charge in [-0.15, -0.1) is 0 Å². The van der Waals surface area contributed by atoms with Crippen molar-refractivity contribution >= 4 is 17.7 Å². The van der Waals surface area contributed by atoms with Crippen LogP contribution in [-0.4, -0.2) is 36.5 Å². The summed E-state index contributed by atoms with van der Waals surface area (Å²) >= 11 is 0. The molecule has 1 aliphatic rings. The quantitative estimate of drug-likeness (QED) is 0.653. The van der Waals surface area contributed by atoms with Crippen LogP contribution in [0.2, 0.25) is 0 Å². The van der Waals surface area contributed by atoms with Gasteiger partial charge in [0.2, 0.25) is 0 Å². The first kappa shape index (κ1) is 17.9. The summed E-state index contributed by atoms with van der Waals surface area (Å²) in [6, 6.07) is 6.52. The Morgan fingerprint density at radius 3 is 2.71 bits per heavy atom. The summed E-state index contributed by atoms with van der Waals surface area (Å²) in [6.45, 7) is 1.58. The first-order valence-electron chi connectivity index (χ1n) is 7.60. The fraction of sp³-hybridized carbons (Fsp3) is 0.389. The van der Waals surface area contributed by atoms with Crippen LogP contribution in [0.25, 0.3) is 0 Å². The molecule has 1 aliphatic carbocycles. The predicted octanol–water partition coefficient (Wildman–Crippen LogP) is 1.80. The van der Waals surface area contributed by atoms with Crippen molar-refractivity contribution in [1.82, 2.24) is 0 Å². The van der Waals surface area contributed by atoms with Crippen molar-refractivity contribution in [3.8, 4) is 0 Å². The van der Waals surface area contributed by atoms with Crippen LogP contribution in [-0.2, 0) is 25.7 Å². The van der Waals surface area contributed by atoms with Gasteiger partial charge in [0.05, 0.1) is 24.9 Å². The molecule has 0 fully saturated rings. The zero-order valence-corrected chi connectivity index (χ0v) is 13.7. The molecular formula is C18H20O6. The predicted molar refractivity (Wildman–Crippen MR) is 85.1 cm³/mol. The molecule has 2 rings (SSSR count). The molecule has 24 heavy (non-hydrogen) atoms. The number of ether oxygens (including phenoxy) is 2. The van der Waals surface area contributed by atoms with Gasteiger partial charge in [0.25, 0.3) is 0 Å². The molecule has 0 bridgehead atoms. The van der Waals surface area contributed by atoms with Gasteiger partial charge in [-0.3, -0.25) is 4.79 Å². The minimum absolute atomic E-state index is 0.0260. The van der Waals surface area contributed by atoms with E-state index in [2.05, 4.69) is 4.74 Å². The number of carbonyl (C=O) groups excluding carboxylic acids is 3. The summed E-state index contributed by atoms with van der Waals surface area (Å²) in [6.07, 6.45) is 2.20. The molecule has 1 aromatic carbocycles. The van der Waals surface area contributed by atoms with E-state index < -0.39 is 17.4 Å². The molecule has 6 heteroatoms. The molecular weight excluding hydrogens is 312 g/mol. The maximum Gasteiger partial charge on any atom is 0.341 e. The minimum Gasteiger partial charge on any atom is -0.465 e. The van der Waals surface area contributed by atoms with Gasteiger partial charge in [-0.2, -0.15) is 0 Å². The summed E-state index contributed by atoms with van der Waals surface area (Å²) < 4.78 is 9.82. The van der Waals surface area contributed by atoms with Crippen LogP contribution in [0.4, 0.5) is 0 Å². The summed E-state index contributed by atoms with van der Waals surface area (Å²) in [7, 11) is 1.29. The van der Waals surface area contributed by atoms with Gasteiger partial charge in [0, 0.05) is 11.8 Å². The molecule has 0 heterocycles. The Bertz CT molecular complexity index is 691. The standard InChI is InChI=1S/C18H20O6/c1-18(11-19)7-6-15(20)14(9-18)17(22)24-10-12-4-3-5-13(8-12)16(21)23-2/h3-5,8-9,19H,6-7,10-11H2,1-2H3/t18-/m1/s1. The maximum absolute atomic E-state index is 12.2. The van der Waals surface area contributed by atoms with Gasteiger partial charge < -0.3 is 14.6 Å². The third kappa shape index (κ3) is 4.08. The number of benzene rings is 1. The zero-order valence-electron chi connectivity index (χ0n) is 13.7. The highest BCUT2D eigenvalue weighted by molar-refractivity contribution is 6.17. The van der Waals surface area contributed by atoms with Crippen LogP contribution >= 0.6 is 0 Å². The molecule has 0 saturated heterocycles. The SMILES string of the molecule is COC(=O)c1cccc(COC(=O)C2=C[C@](C)(CO)CCC2=O)c1. The third-order valence-electron chi connectivity index (χ3n) is 4.02. The van der Waals surface area contributed by atoms with Gasteiger partial charge in [0.1, 0.15) is 6.61 Å². The number of hydrogen-bond acceptors (Lipinski definition) is 6. The molecule has 0 saturated carbocycles. The van der Waals surface area contributed by atoms with Crippen LogP contribution < -0.4 is 0 Å². The van der Waals surface area contributed by atoms with Crippen LogP contribution in [0.1, 0.15) is 35.7 Å². The molecule has 0 aliphatic heterocycles. The Kier molecular flexibility index (Phi) is 5.51. The highest BCUT2D eigenvalue weighted by atomic mass is 16.5. The van der Waals surface area contributed by atoms with Crippen molar-refractivity contribution in [2.75, 3.05) is 13.7 Å². The van der Waals surface area contributed by atoms with Crippen molar-refractivity contribution in [2.45, 2.75) is 26.4 Å². The third-order valence-corrected chi connectivity index (χ3v) is 4.02. The number of ketones is 1. The van der Waals surface area contributed by atoms with Gasteiger partial charge in [-0.1, -0.05) is 25.1 Å². The van der Waals surface area contributed by atoms with E-state index in [4.69, 9.17) is 4.74 Å². The number of esters is 2. The van der Waals surface area contributed by atoms with Crippen LogP contribution in [0.3, 0.4) is 0 Å². The fourth-order valence-corrected chi connectivity index (χ4v) is 2.46. The summed E-state index contributed by atoms with van der Waals surface area (Å²) in [5.74, 6) is -1.48. The van der Waals surface area contributed by atoms with E-state index in [1.165, 1.54) is 13.2 Å². The van der Waals surface area contributed by atoms with Gasteiger partial charge >= 0.3 is 11.9 Å². The van der Waals surface area contributed by atoms with E-state index >= 15 is 0 Å². The second-order valence-electron chi connectivity index (χ2n) is 6.06. The molecule has 0 aromatic heterocycles. The molecule has 128 valence electrons. The highest BCUT2D eigenvalue weighted by Gasteiger charge is 2.33. The highest BCUT2D eigenvalue weighted by Crippen LogP contribution is 2.32. The van der Waals surface area contributed by atoms with Crippen LogP contribution in [0.15, 0.2) is 35.9 Å². The summed E-state index contributed by atoms with van der Waals surface area (Å²) in [5, 5.41) is 9.40. The Morgan fingerprint density at radius 1 is 1.29 bits per heavy atom. The second-order valence-corrected chi connectivity index (χ2v) is 6.06. The van der Waals surface area contributed by atoms with E-state index in [0.29, 0.717) is 17.5 Å². The molecule has 1 atom stereocenters. The summed E-state index contributed by atoms with van der Waals surface area (Å²) in [4.78, 5) is 35.6. The van der Waals surface area contributed by atoms with Crippen molar-refractivity contribution in [2.24, 2.45) is 5.41 Å². The maximum atomic E-state index is 12.2. The largest absolute Gasteiger partial charge is 0.465 e. The first-order valence-corrected chi connectivity index (χ1v) is 7.60. The van der Waals surface area contributed by atoms with E-state index in [1.54, 1.807) is 31.2 Å². The number of rotatable bonds is 5. The van der Waals surface area contributed by atoms with Gasteiger partial charge in [-0.25, -0.2) is 9.59 Å². The van der Waals surface area contributed by atoms with Gasteiger partial charge in [-0.05, 0) is 24.1 Å². The molecule has 1 N–H and O–H groups in total. The number of aliphatic hydroxyl groups excluding tert-OH is 1. The van der Waals surface area contributed by atoms with Crippen molar-refractivity contribution in [3.05, 3.63) is 47.0 Å². The molecule has 0 spiro atoms. The van der Waals surface area contributed by atoms with E-state index in [9.17, 15) is 19.5 Å². The lowest BCUT2D eigenvalue weighted by atomic mass is 9.78. The Labute approximate surface area is 140 Å². The molecule has 0 amide bonds. The van der Waals surface area contributed by atoms with E-state index in [1.807, 2.05) is 0 Å². The Hall–Kier alpha value is -2.47. The molecule has 6 nitrogen and oxygen atoms in total. The number of aliphatic hydroxyl groups is 1. The van der Waals surface area contributed by atoms with Crippen molar-refractivity contribution in [1.29, 1.82) is 0 Å². The van der Waals surface area contributed by atoms with Crippen molar-refractivity contribution < 1.29 is 29.0 Å². The average Bonchev–Trinajstić information content (AvgIpc) is 2.61. The minimum atomic E-state index is -0.720. The number of carbonyl (C=O) groups is 3. The number of Topliss-reactive ketones (excluding diaryl/α,β-unsaturated/α-hetero) is 1. The summed E-state index contributed by atoms with van der Waals surface area (Å²) in [5.41, 5.74) is 0.349. The first-order chi connectivity index (χ1) is 11.4. The average molecular weight is 332 g/mol. The lowest BCUT2D eigenvalue weighted by Crippen LogP contribution is -2.29. The van der Waals surface area contributed by atoms with Gasteiger partial charge in [0.15, 0.2) is 5.78 Å². The monoisotopic (exact) mass is 332 g/mol. The van der Waals surface area contributed by atoms with E-state index in [0.717, 1.165) is 0 Å². The topological polar surface area (TPSA) is 89.9 Å². The van der Waals surface area contributed by atoms with Crippen LogP contribution in [0.5, 0.6) is 0 Å². The molecule has 1 aromatic rings. The number of methoxy groups -OCH3 is 1. The number of hydrogen-bond donors (Lipinski definition) is 1. The second kappa shape index (κ2) is 7.40. The lowest BCUT2D eigenvalue weighted by molar-refractivity contribution is -0.142.